The first-order chi connectivity index (χ1) is 20.3. The number of benzene rings is 3. The number of aliphatic imine (C=N–C) groups is 2. The molecule has 42 heavy (non-hydrogen) atoms. The van der Waals surface area contributed by atoms with E-state index < -0.39 is 34.6 Å². The molecule has 0 aliphatic carbocycles. The standard InChI is InChI=1S/C29H25N7O5S/c37-24(38)17-36-22-11-2-1-10-21(22)25(19-7-3-9-20(16-19)33-29-31-14-15-32-29)34-27(28(36)39)35-42(40,41)23-12-4-6-18-8-5-13-30-26(18)23/h1-13,16,27,35H,14-15,17H2,(H,37,38)(H2,31,32,33). The van der Waals surface area contributed by atoms with Crippen LogP contribution in [0.25, 0.3) is 10.9 Å². The first-order valence-electron chi connectivity index (χ1n) is 13.0. The predicted molar refractivity (Wildman–Crippen MR) is 158 cm³/mol. The predicted octanol–water partition coefficient (Wildman–Crippen LogP) is 2.18. The van der Waals surface area contributed by atoms with Crippen LogP contribution in [-0.2, 0) is 19.6 Å². The van der Waals surface area contributed by atoms with E-state index >= 15 is 0 Å². The van der Waals surface area contributed by atoms with Crippen molar-refractivity contribution in [2.45, 2.75) is 11.1 Å². The summed E-state index contributed by atoms with van der Waals surface area (Å²) in [5.74, 6) is -1.49. The summed E-state index contributed by atoms with van der Waals surface area (Å²) in [5.41, 5.74) is 2.56. The van der Waals surface area contributed by atoms with E-state index in [1.807, 2.05) is 6.07 Å². The first-order valence-corrected chi connectivity index (χ1v) is 14.5. The minimum Gasteiger partial charge on any atom is -0.480 e. The van der Waals surface area contributed by atoms with Crippen LogP contribution in [-0.4, -0.2) is 67.9 Å². The molecule has 4 aromatic rings. The number of hydrogen-bond donors (Lipinski definition) is 4. The number of nitrogens with one attached hydrogen (secondary N) is 3. The molecule has 0 saturated heterocycles. The zero-order valence-electron chi connectivity index (χ0n) is 22.1. The van der Waals surface area contributed by atoms with Crippen molar-refractivity contribution in [1.82, 2.24) is 15.0 Å². The van der Waals surface area contributed by atoms with Crippen molar-refractivity contribution in [3.8, 4) is 0 Å². The van der Waals surface area contributed by atoms with E-state index in [9.17, 15) is 23.1 Å². The molecule has 0 spiro atoms. The van der Waals surface area contributed by atoms with Crippen LogP contribution in [0.2, 0.25) is 0 Å². The minimum atomic E-state index is -4.36. The van der Waals surface area contributed by atoms with Gasteiger partial charge >= 0.3 is 5.97 Å². The number of rotatable bonds is 7. The number of guanidine groups is 1. The van der Waals surface area contributed by atoms with Gasteiger partial charge in [0, 0.05) is 34.9 Å². The van der Waals surface area contributed by atoms with Gasteiger partial charge in [-0.3, -0.25) is 29.5 Å². The fourth-order valence-corrected chi connectivity index (χ4v) is 6.16. The van der Waals surface area contributed by atoms with Crippen molar-refractivity contribution < 1.29 is 23.1 Å². The summed E-state index contributed by atoms with van der Waals surface area (Å²) in [4.78, 5) is 39.8. The maximum Gasteiger partial charge on any atom is 0.323 e. The molecule has 2 aliphatic heterocycles. The van der Waals surface area contributed by atoms with Crippen LogP contribution in [0.1, 0.15) is 11.1 Å². The molecular weight excluding hydrogens is 558 g/mol. The Morgan fingerprint density at radius 3 is 2.67 bits per heavy atom. The second-order valence-corrected chi connectivity index (χ2v) is 11.2. The highest BCUT2D eigenvalue weighted by molar-refractivity contribution is 7.89. The summed E-state index contributed by atoms with van der Waals surface area (Å²) in [5, 5.41) is 16.6. The van der Waals surface area contributed by atoms with Gasteiger partial charge in [0.05, 0.1) is 23.5 Å². The summed E-state index contributed by atoms with van der Waals surface area (Å²) in [6.07, 6.45) is -0.193. The normalized spacial score (nSPS) is 16.7. The fourth-order valence-electron chi connectivity index (χ4n) is 4.90. The number of sulfonamides is 1. The number of aliphatic carboxylic acids is 1. The highest BCUT2D eigenvalue weighted by Crippen LogP contribution is 2.30. The number of aromatic nitrogens is 1. The van der Waals surface area contributed by atoms with E-state index in [0.717, 1.165) is 11.4 Å². The Morgan fingerprint density at radius 1 is 1.05 bits per heavy atom. The minimum absolute atomic E-state index is 0.132. The number of pyridine rings is 1. The maximum atomic E-state index is 13.9. The zero-order chi connectivity index (χ0) is 29.3. The molecule has 1 amide bonds. The Kier molecular flexibility index (Phi) is 7.10. The Labute approximate surface area is 240 Å². The van der Waals surface area contributed by atoms with Crippen LogP contribution in [0.5, 0.6) is 0 Å². The average molecular weight is 584 g/mol. The average Bonchev–Trinajstić information content (AvgIpc) is 3.47. The van der Waals surface area contributed by atoms with Crippen molar-refractivity contribution in [3.05, 3.63) is 96.2 Å². The third-order valence-corrected chi connectivity index (χ3v) is 8.17. The van der Waals surface area contributed by atoms with Crippen molar-refractivity contribution in [2.75, 3.05) is 29.9 Å². The second-order valence-electron chi connectivity index (χ2n) is 9.53. The summed E-state index contributed by atoms with van der Waals surface area (Å²) < 4.78 is 29.9. The van der Waals surface area contributed by atoms with E-state index in [2.05, 4.69) is 30.3 Å². The number of carboxylic acid groups (broad SMARTS) is 1. The molecule has 2 aliphatic rings. The van der Waals surface area contributed by atoms with Gasteiger partial charge in [0.1, 0.15) is 11.4 Å². The lowest BCUT2D eigenvalue weighted by Crippen LogP contribution is -2.48. The monoisotopic (exact) mass is 583 g/mol. The van der Waals surface area contributed by atoms with E-state index in [1.54, 1.807) is 66.7 Å². The van der Waals surface area contributed by atoms with E-state index in [0.29, 0.717) is 40.4 Å². The van der Waals surface area contributed by atoms with Gasteiger partial charge in [-0.1, -0.05) is 48.5 Å². The van der Waals surface area contributed by atoms with Crippen LogP contribution in [0.4, 0.5) is 11.4 Å². The highest BCUT2D eigenvalue weighted by Gasteiger charge is 2.36. The number of fused-ring (bicyclic) bond motifs is 2. The quantitative estimate of drug-likeness (QED) is 0.257. The highest BCUT2D eigenvalue weighted by atomic mass is 32.2. The summed E-state index contributed by atoms with van der Waals surface area (Å²) in [6, 6.07) is 22.1. The van der Waals surface area contributed by atoms with Crippen LogP contribution in [0.3, 0.4) is 0 Å². The number of carboxylic acids is 1. The van der Waals surface area contributed by atoms with E-state index in [-0.39, 0.29) is 16.1 Å². The molecule has 0 bridgehead atoms. The molecule has 212 valence electrons. The molecule has 4 N–H and O–H groups in total. The lowest BCUT2D eigenvalue weighted by atomic mass is 9.99. The Hall–Kier alpha value is -5.14. The van der Waals surface area contributed by atoms with Crippen LogP contribution < -0.4 is 20.3 Å². The number of carbonyl (C=O) groups is 2. The molecule has 0 radical (unpaired) electrons. The summed E-state index contributed by atoms with van der Waals surface area (Å²) in [7, 11) is -4.36. The molecule has 1 atom stereocenters. The SMILES string of the molecule is O=C(O)CN1C(=O)C(NS(=O)(=O)c2cccc3cccnc23)N=C(c2cccc(NC3=NCCN3)c2)c2ccccc21. The van der Waals surface area contributed by atoms with Crippen LogP contribution in [0.15, 0.2) is 99.9 Å². The van der Waals surface area contributed by atoms with Crippen LogP contribution in [0, 0.1) is 0 Å². The van der Waals surface area contributed by atoms with Crippen molar-refractivity contribution >= 4 is 55.8 Å². The fraction of sp³-hybridized carbons (Fsp3) is 0.138. The van der Waals surface area contributed by atoms with Crippen molar-refractivity contribution in [1.29, 1.82) is 0 Å². The molecule has 3 aromatic carbocycles. The van der Waals surface area contributed by atoms with Gasteiger partial charge in [0.25, 0.3) is 5.91 Å². The van der Waals surface area contributed by atoms with E-state index in [1.165, 1.54) is 12.3 Å². The Morgan fingerprint density at radius 2 is 1.86 bits per heavy atom. The maximum absolute atomic E-state index is 13.9. The lowest BCUT2D eigenvalue weighted by Gasteiger charge is -2.23. The topological polar surface area (TPSA) is 165 Å². The van der Waals surface area contributed by atoms with Gasteiger partial charge in [-0.2, -0.15) is 4.72 Å². The first kappa shape index (κ1) is 27.1. The van der Waals surface area contributed by atoms with Crippen molar-refractivity contribution in [3.63, 3.8) is 0 Å². The molecular formula is C29H25N7O5S. The van der Waals surface area contributed by atoms with E-state index in [4.69, 9.17) is 0 Å². The number of anilines is 2. The van der Waals surface area contributed by atoms with Crippen molar-refractivity contribution in [2.24, 2.45) is 9.98 Å². The lowest BCUT2D eigenvalue weighted by molar-refractivity contribution is -0.136. The Balaban J connectivity index is 1.47. The molecule has 13 heteroatoms. The van der Waals surface area contributed by atoms with Gasteiger partial charge in [-0.05, 0) is 30.3 Å². The third kappa shape index (κ3) is 5.30. The summed E-state index contributed by atoms with van der Waals surface area (Å²) in [6.45, 7) is 0.676. The van der Waals surface area contributed by atoms with Gasteiger partial charge in [-0.25, -0.2) is 8.42 Å². The van der Waals surface area contributed by atoms with Gasteiger partial charge in [0.15, 0.2) is 12.1 Å². The van der Waals surface area contributed by atoms with Crippen LogP contribution >= 0.6 is 0 Å². The third-order valence-electron chi connectivity index (χ3n) is 6.73. The number of carbonyl (C=O) groups excluding carboxylic acids is 1. The molecule has 0 saturated carbocycles. The second kappa shape index (κ2) is 11.0. The molecule has 1 aromatic heterocycles. The number of nitrogens with zero attached hydrogens (tertiary/aromatic N) is 4. The largest absolute Gasteiger partial charge is 0.480 e. The molecule has 3 heterocycles. The number of benzodiazepines with no additional fused rings is 1. The Bertz CT molecular complexity index is 1890. The number of hydrogen-bond acceptors (Lipinski definition) is 9. The molecule has 6 rings (SSSR count). The van der Waals surface area contributed by atoms with Gasteiger partial charge < -0.3 is 15.7 Å². The number of para-hydroxylation sites is 2. The zero-order valence-corrected chi connectivity index (χ0v) is 22.9. The molecule has 0 fully saturated rings. The smallest absolute Gasteiger partial charge is 0.323 e. The van der Waals surface area contributed by atoms with Gasteiger partial charge in [0.2, 0.25) is 10.0 Å². The number of amides is 1. The molecule has 12 nitrogen and oxygen atoms in total. The molecule has 1 unspecified atom stereocenters. The van der Waals surface area contributed by atoms with Gasteiger partial charge in [-0.15, -0.1) is 0 Å². The summed E-state index contributed by atoms with van der Waals surface area (Å²) >= 11 is 0.